The van der Waals surface area contributed by atoms with E-state index in [1.165, 1.54) is 16.3 Å². The first-order valence-electron chi connectivity index (χ1n) is 4.18. The molecule has 0 radical (unpaired) electrons. The summed E-state index contributed by atoms with van der Waals surface area (Å²) in [5.41, 5.74) is 6.74. The zero-order valence-corrected chi connectivity index (χ0v) is 8.71. The van der Waals surface area contributed by atoms with E-state index >= 15 is 0 Å². The maximum absolute atomic E-state index is 5.56. The summed E-state index contributed by atoms with van der Waals surface area (Å²) in [6.45, 7) is 0.603. The van der Waals surface area contributed by atoms with Crippen LogP contribution in [0.1, 0.15) is 5.56 Å². The Morgan fingerprint density at radius 2 is 1.69 bits per heavy atom. The molecular weight excluding hydrogens is 226 g/mol. The molecule has 1 nitrogen and oxygen atoms in total. The molecule has 0 unspecified atom stereocenters. The molecule has 0 saturated carbocycles. The zero-order valence-electron chi connectivity index (χ0n) is 7.13. The van der Waals surface area contributed by atoms with Crippen LogP contribution in [-0.2, 0) is 6.54 Å². The monoisotopic (exact) mass is 235 g/mol. The summed E-state index contributed by atoms with van der Waals surface area (Å²) in [4.78, 5) is 0. The van der Waals surface area contributed by atoms with E-state index in [1.54, 1.807) is 0 Å². The summed E-state index contributed by atoms with van der Waals surface area (Å²) in [6.07, 6.45) is 0. The van der Waals surface area contributed by atoms with Crippen LogP contribution in [0.25, 0.3) is 10.8 Å². The third kappa shape index (κ3) is 1.74. The smallest absolute Gasteiger partial charge is 0.0181 e. The van der Waals surface area contributed by atoms with Gasteiger partial charge in [-0.25, -0.2) is 0 Å². The Balaban J connectivity index is 2.66. The number of nitrogens with two attached hydrogens (primary N) is 1. The van der Waals surface area contributed by atoms with Crippen molar-refractivity contribution >= 4 is 26.7 Å². The normalized spacial score (nSPS) is 10.6. The summed E-state index contributed by atoms with van der Waals surface area (Å²) in [7, 11) is 0. The van der Waals surface area contributed by atoms with Crippen LogP contribution in [0.2, 0.25) is 0 Å². The molecule has 0 bridgehead atoms. The van der Waals surface area contributed by atoms with E-state index in [9.17, 15) is 0 Å². The average molecular weight is 236 g/mol. The summed E-state index contributed by atoms with van der Waals surface area (Å²) in [6, 6.07) is 12.5. The number of halogens is 1. The standard InChI is InChI=1S/C11H10BrN/c12-11-4-3-9-5-8(7-13)1-2-10(9)6-11/h1-6H,7,13H2. The summed E-state index contributed by atoms with van der Waals surface area (Å²) in [5.74, 6) is 0. The van der Waals surface area contributed by atoms with Crippen molar-refractivity contribution < 1.29 is 0 Å². The fraction of sp³-hybridized carbons (Fsp3) is 0.0909. The van der Waals surface area contributed by atoms with Crippen LogP contribution in [0.5, 0.6) is 0 Å². The van der Waals surface area contributed by atoms with Gasteiger partial charge in [-0.1, -0.05) is 34.1 Å². The Kier molecular flexibility index (Phi) is 2.34. The minimum atomic E-state index is 0.603. The Labute approximate surface area is 85.7 Å². The van der Waals surface area contributed by atoms with Gasteiger partial charge in [0.2, 0.25) is 0 Å². The van der Waals surface area contributed by atoms with Crippen molar-refractivity contribution in [1.29, 1.82) is 0 Å². The zero-order chi connectivity index (χ0) is 9.26. The van der Waals surface area contributed by atoms with Crippen molar-refractivity contribution in [3.8, 4) is 0 Å². The highest BCUT2D eigenvalue weighted by Crippen LogP contribution is 2.20. The second-order valence-corrected chi connectivity index (χ2v) is 3.95. The van der Waals surface area contributed by atoms with Gasteiger partial charge in [0.25, 0.3) is 0 Å². The SMILES string of the molecule is NCc1ccc2cc(Br)ccc2c1. The Morgan fingerprint density at radius 1 is 1.00 bits per heavy atom. The van der Waals surface area contributed by atoms with Crippen molar-refractivity contribution in [3.05, 3.63) is 46.4 Å². The number of fused-ring (bicyclic) bond motifs is 1. The van der Waals surface area contributed by atoms with E-state index < -0.39 is 0 Å². The molecule has 66 valence electrons. The van der Waals surface area contributed by atoms with E-state index in [0.717, 1.165) is 4.47 Å². The molecule has 0 aliphatic heterocycles. The minimum Gasteiger partial charge on any atom is -0.326 e. The highest BCUT2D eigenvalue weighted by molar-refractivity contribution is 9.10. The second kappa shape index (κ2) is 3.48. The van der Waals surface area contributed by atoms with E-state index in [1.807, 2.05) is 6.07 Å². The fourth-order valence-electron chi connectivity index (χ4n) is 1.39. The summed E-state index contributed by atoms with van der Waals surface area (Å²) in [5, 5.41) is 2.48. The molecule has 0 fully saturated rings. The van der Waals surface area contributed by atoms with Gasteiger partial charge in [0.05, 0.1) is 0 Å². The lowest BCUT2D eigenvalue weighted by Gasteiger charge is -2.01. The molecule has 2 N–H and O–H groups in total. The number of hydrogen-bond donors (Lipinski definition) is 1. The predicted octanol–water partition coefficient (Wildman–Crippen LogP) is 3.06. The van der Waals surface area contributed by atoms with Crippen molar-refractivity contribution in [2.24, 2.45) is 5.73 Å². The molecule has 0 saturated heterocycles. The number of benzene rings is 2. The van der Waals surface area contributed by atoms with Crippen LogP contribution >= 0.6 is 15.9 Å². The molecule has 2 heteroatoms. The van der Waals surface area contributed by atoms with Gasteiger partial charge in [-0.05, 0) is 34.5 Å². The first-order valence-corrected chi connectivity index (χ1v) is 4.97. The van der Waals surface area contributed by atoms with Gasteiger partial charge in [-0.2, -0.15) is 0 Å². The Morgan fingerprint density at radius 3 is 2.46 bits per heavy atom. The third-order valence-corrected chi connectivity index (χ3v) is 2.60. The molecule has 13 heavy (non-hydrogen) atoms. The highest BCUT2D eigenvalue weighted by atomic mass is 79.9. The maximum Gasteiger partial charge on any atom is 0.0181 e. The van der Waals surface area contributed by atoms with E-state index in [0.29, 0.717) is 6.54 Å². The topological polar surface area (TPSA) is 26.0 Å². The molecule has 0 spiro atoms. The van der Waals surface area contributed by atoms with Gasteiger partial charge >= 0.3 is 0 Å². The highest BCUT2D eigenvalue weighted by Gasteiger charge is 1.95. The second-order valence-electron chi connectivity index (χ2n) is 3.03. The van der Waals surface area contributed by atoms with Gasteiger partial charge in [0.15, 0.2) is 0 Å². The van der Waals surface area contributed by atoms with Crippen LogP contribution in [0.4, 0.5) is 0 Å². The number of rotatable bonds is 1. The van der Waals surface area contributed by atoms with E-state index in [2.05, 4.69) is 46.3 Å². The molecule has 2 aromatic rings. The van der Waals surface area contributed by atoms with Crippen molar-refractivity contribution in [1.82, 2.24) is 0 Å². The molecular formula is C11H10BrN. The third-order valence-electron chi connectivity index (χ3n) is 2.10. The van der Waals surface area contributed by atoms with Crippen LogP contribution in [0, 0.1) is 0 Å². The Hall–Kier alpha value is -0.860. The number of hydrogen-bond acceptors (Lipinski definition) is 1. The average Bonchev–Trinajstić information content (AvgIpc) is 2.17. The lowest BCUT2D eigenvalue weighted by Crippen LogP contribution is -1.95. The minimum absolute atomic E-state index is 0.603. The summed E-state index contributed by atoms with van der Waals surface area (Å²) >= 11 is 3.44. The van der Waals surface area contributed by atoms with Crippen LogP contribution < -0.4 is 5.73 Å². The largest absolute Gasteiger partial charge is 0.326 e. The molecule has 0 heterocycles. The lowest BCUT2D eigenvalue weighted by atomic mass is 10.1. The van der Waals surface area contributed by atoms with Crippen LogP contribution in [0.15, 0.2) is 40.9 Å². The quantitative estimate of drug-likeness (QED) is 0.808. The Bertz CT molecular complexity index is 437. The predicted molar refractivity (Wildman–Crippen MR) is 59.5 cm³/mol. The molecule has 0 amide bonds. The van der Waals surface area contributed by atoms with Gasteiger partial charge in [-0.3, -0.25) is 0 Å². The first kappa shape index (κ1) is 8.73. The molecule has 2 aromatic carbocycles. The molecule has 0 aromatic heterocycles. The van der Waals surface area contributed by atoms with Crippen molar-refractivity contribution in [2.45, 2.75) is 6.54 Å². The first-order chi connectivity index (χ1) is 6.29. The molecule has 0 aliphatic rings. The van der Waals surface area contributed by atoms with Crippen LogP contribution in [-0.4, -0.2) is 0 Å². The van der Waals surface area contributed by atoms with Crippen LogP contribution in [0.3, 0.4) is 0 Å². The lowest BCUT2D eigenvalue weighted by molar-refractivity contribution is 1.08. The maximum atomic E-state index is 5.56. The van der Waals surface area contributed by atoms with Crippen molar-refractivity contribution in [3.63, 3.8) is 0 Å². The molecule has 0 atom stereocenters. The van der Waals surface area contributed by atoms with Gasteiger partial charge in [0, 0.05) is 11.0 Å². The van der Waals surface area contributed by atoms with E-state index in [4.69, 9.17) is 5.73 Å². The van der Waals surface area contributed by atoms with Gasteiger partial charge in [-0.15, -0.1) is 0 Å². The van der Waals surface area contributed by atoms with Gasteiger partial charge < -0.3 is 5.73 Å². The summed E-state index contributed by atoms with van der Waals surface area (Å²) < 4.78 is 1.11. The van der Waals surface area contributed by atoms with E-state index in [-0.39, 0.29) is 0 Å². The van der Waals surface area contributed by atoms with Gasteiger partial charge in [0.1, 0.15) is 0 Å². The molecule has 2 rings (SSSR count). The molecule has 0 aliphatic carbocycles. The fourth-order valence-corrected chi connectivity index (χ4v) is 1.77. The van der Waals surface area contributed by atoms with Crippen molar-refractivity contribution in [2.75, 3.05) is 0 Å².